The molecule has 0 radical (unpaired) electrons. The van der Waals surface area contributed by atoms with E-state index < -0.39 is 4.92 Å². The zero-order valence-corrected chi connectivity index (χ0v) is 14.0. The Hall–Kier alpha value is -2.89. The number of para-hydroxylation sites is 2. The van der Waals surface area contributed by atoms with Crippen LogP contribution in [0.1, 0.15) is 30.5 Å². The molecule has 126 valence electrons. The monoisotopic (exact) mass is 326 g/mol. The van der Waals surface area contributed by atoms with Gasteiger partial charge in [-0.05, 0) is 24.0 Å². The van der Waals surface area contributed by atoms with E-state index >= 15 is 0 Å². The molecular formula is C18H22N4O2. The SMILES string of the molecule is CCc1cccc(CC)c1NC(N)=NCc1ccccc1[N+](=O)[O-]. The summed E-state index contributed by atoms with van der Waals surface area (Å²) in [6.07, 6.45) is 1.77. The molecule has 0 unspecified atom stereocenters. The van der Waals surface area contributed by atoms with E-state index in [0.29, 0.717) is 5.56 Å². The number of hydrogen-bond acceptors (Lipinski definition) is 3. The Bertz CT molecular complexity index is 734. The van der Waals surface area contributed by atoms with Crippen LogP contribution in [0.2, 0.25) is 0 Å². The lowest BCUT2D eigenvalue weighted by Gasteiger charge is -2.14. The Labute approximate surface area is 141 Å². The maximum Gasteiger partial charge on any atom is 0.274 e. The number of nitro benzene ring substituents is 1. The average molecular weight is 326 g/mol. The normalized spacial score (nSPS) is 11.3. The molecule has 0 atom stereocenters. The van der Waals surface area contributed by atoms with Crippen molar-refractivity contribution in [2.24, 2.45) is 10.7 Å². The number of guanidine groups is 1. The predicted octanol–water partition coefficient (Wildman–Crippen LogP) is 3.65. The first-order valence-corrected chi connectivity index (χ1v) is 7.96. The van der Waals surface area contributed by atoms with Crippen LogP contribution in [0.4, 0.5) is 11.4 Å². The molecule has 2 aromatic rings. The molecule has 6 nitrogen and oxygen atoms in total. The summed E-state index contributed by atoms with van der Waals surface area (Å²) >= 11 is 0. The van der Waals surface area contributed by atoms with Gasteiger partial charge in [-0.3, -0.25) is 10.1 Å². The van der Waals surface area contributed by atoms with E-state index in [9.17, 15) is 10.1 Å². The number of hydrogen-bond donors (Lipinski definition) is 2. The zero-order valence-electron chi connectivity index (χ0n) is 14.0. The molecule has 0 spiro atoms. The van der Waals surface area contributed by atoms with Crippen LogP contribution in [-0.4, -0.2) is 10.9 Å². The lowest BCUT2D eigenvalue weighted by atomic mass is 10.0. The van der Waals surface area contributed by atoms with Crippen LogP contribution in [0.25, 0.3) is 0 Å². The van der Waals surface area contributed by atoms with E-state index in [1.807, 2.05) is 6.07 Å². The number of aryl methyl sites for hydroxylation is 2. The second-order valence-corrected chi connectivity index (χ2v) is 5.37. The van der Waals surface area contributed by atoms with Crippen LogP contribution in [0, 0.1) is 10.1 Å². The van der Waals surface area contributed by atoms with Crippen LogP contribution in [-0.2, 0) is 19.4 Å². The Morgan fingerprint density at radius 2 is 1.67 bits per heavy atom. The average Bonchev–Trinajstić information content (AvgIpc) is 2.60. The molecule has 0 aromatic heterocycles. The third-order valence-corrected chi connectivity index (χ3v) is 3.86. The Kier molecular flexibility index (Phi) is 5.89. The topological polar surface area (TPSA) is 93.5 Å². The fourth-order valence-corrected chi connectivity index (χ4v) is 2.56. The van der Waals surface area contributed by atoms with Gasteiger partial charge in [0.15, 0.2) is 5.96 Å². The Balaban J connectivity index is 2.21. The number of aliphatic imine (C=N–C) groups is 1. The van der Waals surface area contributed by atoms with E-state index in [2.05, 4.69) is 36.3 Å². The highest BCUT2D eigenvalue weighted by molar-refractivity contribution is 5.93. The van der Waals surface area contributed by atoms with Crippen LogP contribution in [0.3, 0.4) is 0 Å². The third-order valence-electron chi connectivity index (χ3n) is 3.86. The Morgan fingerprint density at radius 1 is 1.08 bits per heavy atom. The van der Waals surface area contributed by atoms with Gasteiger partial charge < -0.3 is 11.1 Å². The fourth-order valence-electron chi connectivity index (χ4n) is 2.56. The molecule has 0 fully saturated rings. The third kappa shape index (κ3) is 4.10. The van der Waals surface area contributed by atoms with Gasteiger partial charge in [-0.2, -0.15) is 0 Å². The lowest BCUT2D eigenvalue weighted by molar-refractivity contribution is -0.385. The minimum absolute atomic E-state index is 0.0530. The van der Waals surface area contributed by atoms with Gasteiger partial charge in [0.2, 0.25) is 0 Å². The zero-order chi connectivity index (χ0) is 17.5. The second kappa shape index (κ2) is 8.10. The number of rotatable bonds is 6. The standard InChI is InChI=1S/C18H22N4O2/c1-3-13-9-7-10-14(4-2)17(13)21-18(19)20-12-15-8-5-6-11-16(15)22(23)24/h5-11H,3-4,12H2,1-2H3,(H3,19,20,21). The molecule has 2 rings (SSSR count). The van der Waals surface area contributed by atoms with Gasteiger partial charge in [-0.1, -0.05) is 50.2 Å². The molecule has 3 N–H and O–H groups in total. The molecule has 0 saturated carbocycles. The number of nitrogens with zero attached hydrogens (tertiary/aromatic N) is 2. The van der Waals surface area contributed by atoms with Gasteiger partial charge in [0.25, 0.3) is 5.69 Å². The molecule has 2 aromatic carbocycles. The summed E-state index contributed by atoms with van der Waals surface area (Å²) in [7, 11) is 0. The maximum atomic E-state index is 11.0. The number of nitro groups is 1. The highest BCUT2D eigenvalue weighted by atomic mass is 16.6. The molecule has 0 aliphatic carbocycles. The molecule has 24 heavy (non-hydrogen) atoms. The van der Waals surface area contributed by atoms with E-state index in [1.54, 1.807) is 18.2 Å². The van der Waals surface area contributed by atoms with Gasteiger partial charge in [-0.15, -0.1) is 0 Å². The summed E-state index contributed by atoms with van der Waals surface area (Å²) in [5.74, 6) is 0.253. The number of benzene rings is 2. The molecule has 0 amide bonds. The maximum absolute atomic E-state index is 11.0. The minimum atomic E-state index is -0.407. The van der Waals surface area contributed by atoms with E-state index in [4.69, 9.17) is 5.73 Å². The summed E-state index contributed by atoms with van der Waals surface area (Å²) in [5, 5.41) is 14.2. The van der Waals surface area contributed by atoms with Crippen molar-refractivity contribution < 1.29 is 4.92 Å². The number of nitrogens with two attached hydrogens (primary N) is 1. The van der Waals surface area contributed by atoms with Gasteiger partial charge in [0.05, 0.1) is 17.0 Å². The summed E-state index contributed by atoms with van der Waals surface area (Å²) in [4.78, 5) is 14.9. The summed E-state index contributed by atoms with van der Waals surface area (Å²) in [5.41, 5.74) is 9.89. The highest BCUT2D eigenvalue weighted by Crippen LogP contribution is 2.23. The van der Waals surface area contributed by atoms with Crippen molar-refractivity contribution in [3.63, 3.8) is 0 Å². The number of nitrogens with one attached hydrogen (secondary N) is 1. The van der Waals surface area contributed by atoms with Crippen molar-refractivity contribution in [3.05, 3.63) is 69.3 Å². The first kappa shape index (κ1) is 17.5. The van der Waals surface area contributed by atoms with E-state index in [1.165, 1.54) is 6.07 Å². The summed E-state index contributed by atoms with van der Waals surface area (Å²) in [6, 6.07) is 12.7. The van der Waals surface area contributed by atoms with E-state index in [0.717, 1.165) is 29.7 Å². The Morgan fingerprint density at radius 3 is 2.25 bits per heavy atom. The van der Waals surface area contributed by atoms with Crippen LogP contribution in [0.15, 0.2) is 47.5 Å². The first-order valence-electron chi connectivity index (χ1n) is 7.96. The molecule has 0 bridgehead atoms. The van der Waals surface area contributed by atoms with Gasteiger partial charge >= 0.3 is 0 Å². The van der Waals surface area contributed by atoms with Crippen molar-refractivity contribution in [2.75, 3.05) is 5.32 Å². The van der Waals surface area contributed by atoms with Crippen molar-refractivity contribution in [1.29, 1.82) is 0 Å². The summed E-state index contributed by atoms with van der Waals surface area (Å²) in [6.45, 7) is 4.33. The number of anilines is 1. The largest absolute Gasteiger partial charge is 0.370 e. The first-order chi connectivity index (χ1) is 11.6. The molecule has 6 heteroatoms. The summed E-state index contributed by atoms with van der Waals surface area (Å²) < 4.78 is 0. The van der Waals surface area contributed by atoms with Gasteiger partial charge in [-0.25, -0.2) is 4.99 Å². The minimum Gasteiger partial charge on any atom is -0.370 e. The molecule has 0 heterocycles. The van der Waals surface area contributed by atoms with Crippen molar-refractivity contribution in [1.82, 2.24) is 0 Å². The molecule has 0 saturated heterocycles. The molecular weight excluding hydrogens is 304 g/mol. The van der Waals surface area contributed by atoms with Crippen molar-refractivity contribution >= 4 is 17.3 Å². The predicted molar refractivity (Wildman–Crippen MR) is 97.2 cm³/mol. The second-order valence-electron chi connectivity index (χ2n) is 5.37. The van der Waals surface area contributed by atoms with Gasteiger partial charge in [0, 0.05) is 11.8 Å². The lowest BCUT2D eigenvalue weighted by Crippen LogP contribution is -2.24. The van der Waals surface area contributed by atoms with Crippen molar-refractivity contribution in [2.45, 2.75) is 33.2 Å². The fraction of sp³-hybridized carbons (Fsp3) is 0.278. The smallest absolute Gasteiger partial charge is 0.274 e. The quantitative estimate of drug-likeness (QED) is 0.367. The van der Waals surface area contributed by atoms with Crippen LogP contribution in [0.5, 0.6) is 0 Å². The van der Waals surface area contributed by atoms with Crippen molar-refractivity contribution in [3.8, 4) is 0 Å². The molecule has 0 aliphatic heterocycles. The van der Waals surface area contributed by atoms with Crippen LogP contribution >= 0.6 is 0 Å². The molecule has 0 aliphatic rings. The van der Waals surface area contributed by atoms with Crippen LogP contribution < -0.4 is 11.1 Å². The van der Waals surface area contributed by atoms with Gasteiger partial charge in [0.1, 0.15) is 0 Å². The highest BCUT2D eigenvalue weighted by Gasteiger charge is 2.12. The van der Waals surface area contributed by atoms with E-state index in [-0.39, 0.29) is 18.2 Å².